The van der Waals surface area contributed by atoms with Crippen molar-refractivity contribution in [2.45, 2.75) is 231 Å². The number of hydrogen-bond donors (Lipinski definition) is 10. The molecular formula is C91H137N15O22. The predicted molar refractivity (Wildman–Crippen MR) is 476 cm³/mol. The van der Waals surface area contributed by atoms with Gasteiger partial charge in [-0.1, -0.05) is 74.5 Å². The zero-order valence-electron chi connectivity index (χ0n) is 75.8. The summed E-state index contributed by atoms with van der Waals surface area (Å²) in [6.45, 7) is 16.1. The number of nitrogens with two attached hydrogens (primary N) is 2. The molecular weight excluding hydrogens is 1660 g/mol. The first-order valence-corrected chi connectivity index (χ1v) is 45.1. The number of ether oxygens (including phenoxy) is 10. The lowest BCUT2D eigenvalue weighted by Crippen LogP contribution is -2.61. The van der Waals surface area contributed by atoms with Gasteiger partial charge in [0.2, 0.25) is 23.5 Å². The van der Waals surface area contributed by atoms with E-state index in [1.165, 1.54) is 18.3 Å². The number of aliphatic hydroxyl groups excluding tert-OH is 2. The number of phenols is 1. The molecule has 9 rings (SSSR count). The molecule has 12 N–H and O–H groups in total. The van der Waals surface area contributed by atoms with Crippen LogP contribution in [0.15, 0.2) is 89.5 Å². The van der Waals surface area contributed by atoms with Crippen LogP contribution >= 0.6 is 0 Å². The predicted octanol–water partition coefficient (Wildman–Crippen LogP) is 6.73. The Morgan fingerprint density at radius 2 is 1.41 bits per heavy atom. The molecule has 1 saturated carbocycles. The summed E-state index contributed by atoms with van der Waals surface area (Å²) in [4.78, 5) is 114. The Bertz CT molecular complexity index is 4510. The fourth-order valence-corrected chi connectivity index (χ4v) is 16.7. The monoisotopic (exact) mass is 1790 g/mol. The molecule has 4 aromatic heterocycles. The molecule has 708 valence electrons. The highest BCUT2D eigenvalue weighted by atomic mass is 16.6. The van der Waals surface area contributed by atoms with Crippen LogP contribution in [0.5, 0.6) is 5.75 Å². The van der Waals surface area contributed by atoms with Crippen LogP contribution in [0.1, 0.15) is 169 Å². The number of aliphatic hydroxyl groups is 3. The number of allylic oxidation sites excluding steroid dienone is 6. The lowest BCUT2D eigenvalue weighted by molar-refractivity contribution is -0.265. The number of anilines is 1. The highest BCUT2D eigenvalue weighted by Crippen LogP contribution is 2.40. The molecule has 37 nitrogen and oxygen atoms in total. The van der Waals surface area contributed by atoms with Gasteiger partial charge in [-0.15, -0.1) is 5.10 Å². The first-order chi connectivity index (χ1) is 61.7. The number of hydrogen-bond acceptors (Lipinski definition) is 30. The van der Waals surface area contributed by atoms with E-state index in [9.17, 15) is 54.0 Å². The second-order valence-corrected chi connectivity index (χ2v) is 33.8. The van der Waals surface area contributed by atoms with E-state index in [1.54, 1.807) is 70.9 Å². The number of Topliss-reactive ketones (excluding diaryl/α,β-unsaturated/α-hetero) is 2. The van der Waals surface area contributed by atoms with Gasteiger partial charge >= 0.3 is 5.97 Å². The molecule has 3 aliphatic heterocycles. The Morgan fingerprint density at radius 3 is 2.09 bits per heavy atom. The number of unbranched alkanes of at least 4 members (excludes halogenated alkanes) is 1. The number of aromatic hydroxyl groups is 1. The largest absolute Gasteiger partial charge is 0.508 e. The lowest BCUT2D eigenvalue weighted by atomic mass is 9.79. The number of aromatic amines is 1. The van der Waals surface area contributed by atoms with Crippen molar-refractivity contribution in [3.8, 4) is 17.1 Å². The average Bonchev–Trinajstić information content (AvgIpc) is 1.66. The number of cyclic esters (lactones) is 1. The number of oxime groups is 1. The summed E-state index contributed by atoms with van der Waals surface area (Å²) in [5.41, 5.74) is 18.5. The summed E-state index contributed by atoms with van der Waals surface area (Å²) >= 11 is 0. The SMILES string of the molecule is CO/N=C1/C[C@@H]([C@H](N)C[C@@H]2CC[C@H](n3cc(CCCC(=O)NCCOCCOCCOCCC(=O)NCCOCCOCCOCCC(=O)NCCCCn4nc(-c5cc6cc(O)ccc6[nH]5)c5c(N)ncnc54)nn3)[C@H](OC)C2)OC(=O)[C@@H]2CCCCN2C(=O)C(=O)[C@]2(O)O[C@@H](CC[C@H]2C)C[C@H](OC)/C(C)=C/C=C/C=C/[C@@H](C)C[C@@H](C)C(=O)[C@H](O)[C@H](O)/C(C)=C/[C@H]1C. The molecule has 5 aromatic rings. The minimum atomic E-state index is -2.49. The Kier molecular flexibility index (Phi) is 42.5. The van der Waals surface area contributed by atoms with Gasteiger partial charge in [-0.25, -0.2) is 24.1 Å². The number of amides is 4. The van der Waals surface area contributed by atoms with Crippen LogP contribution < -0.4 is 27.4 Å². The van der Waals surface area contributed by atoms with Crippen molar-refractivity contribution in [3.63, 3.8) is 0 Å². The average molecular weight is 1790 g/mol. The zero-order chi connectivity index (χ0) is 92.1. The van der Waals surface area contributed by atoms with Crippen LogP contribution in [0, 0.1) is 29.6 Å². The van der Waals surface area contributed by atoms with E-state index >= 15 is 0 Å². The molecule has 15 atom stereocenters. The van der Waals surface area contributed by atoms with Crippen LogP contribution in [0.4, 0.5) is 5.82 Å². The van der Waals surface area contributed by atoms with E-state index in [0.29, 0.717) is 203 Å². The summed E-state index contributed by atoms with van der Waals surface area (Å²) < 4.78 is 61.8. The minimum Gasteiger partial charge on any atom is -0.508 e. The molecule has 0 radical (unpaired) electrons. The molecule has 2 bridgehead atoms. The number of aromatic nitrogens is 8. The maximum atomic E-state index is 14.9. The second-order valence-electron chi connectivity index (χ2n) is 33.8. The number of nitrogens with zero attached hydrogens (tertiary/aromatic N) is 9. The Morgan fingerprint density at radius 1 is 0.734 bits per heavy atom. The molecule has 0 unspecified atom stereocenters. The maximum absolute atomic E-state index is 14.9. The molecule has 4 aliphatic rings. The molecule has 4 amide bonds. The third-order valence-corrected chi connectivity index (χ3v) is 24.1. The molecule has 1 aliphatic carbocycles. The van der Waals surface area contributed by atoms with E-state index in [0.717, 1.165) is 28.6 Å². The molecule has 1 aromatic carbocycles. The maximum Gasteiger partial charge on any atom is 0.329 e. The third-order valence-electron chi connectivity index (χ3n) is 24.1. The topological polar surface area (TPSA) is 496 Å². The van der Waals surface area contributed by atoms with Crippen LogP contribution in [0.25, 0.3) is 33.3 Å². The highest BCUT2D eigenvalue weighted by Gasteiger charge is 2.53. The number of ketones is 2. The Hall–Kier alpha value is -9.35. The highest BCUT2D eigenvalue weighted by molar-refractivity contribution is 6.39. The fourth-order valence-electron chi connectivity index (χ4n) is 16.7. The lowest BCUT2D eigenvalue weighted by Gasteiger charge is -2.42. The smallest absolute Gasteiger partial charge is 0.329 e. The van der Waals surface area contributed by atoms with E-state index in [1.807, 2.05) is 61.2 Å². The van der Waals surface area contributed by atoms with Gasteiger partial charge in [-0.05, 0) is 151 Å². The van der Waals surface area contributed by atoms with Gasteiger partial charge in [-0.2, -0.15) is 5.10 Å². The summed E-state index contributed by atoms with van der Waals surface area (Å²) in [5.74, 6) is -8.09. The number of piperidine rings is 1. The minimum absolute atomic E-state index is 0.0330. The number of methoxy groups -OCH3 is 2. The van der Waals surface area contributed by atoms with Crippen LogP contribution in [0.3, 0.4) is 0 Å². The summed E-state index contributed by atoms with van der Waals surface area (Å²) in [6.07, 6.45) is 16.5. The van der Waals surface area contributed by atoms with Crippen LogP contribution in [-0.4, -0.2) is 293 Å². The van der Waals surface area contributed by atoms with Crippen molar-refractivity contribution in [2.75, 3.05) is 133 Å². The van der Waals surface area contributed by atoms with Crippen LogP contribution in [0.2, 0.25) is 0 Å². The number of phenolic OH excluding ortho intramolecular Hbond substituents is 1. The molecule has 7 heterocycles. The number of carbonyl (C=O) groups is 7. The number of aryl methyl sites for hydroxylation is 2. The van der Waals surface area contributed by atoms with Gasteiger partial charge in [-0.3, -0.25) is 28.8 Å². The standard InChI is InChI=1S/C91H137N15O22/c1-58-18-11-10-12-19-59(2)75(118-7)54-68-26-23-63(6)91(117,128-68)86(114)89(115)104-34-15-13-21-74(104)90(116)127-76(55-71(102-120-9)60(3)49-62(5)84(112)85(113)83(111)61(4)48-58)69(92)50-64-24-28-73(77(51-64)119-8)106-56-66(100-103-106)20-17-22-78(108)95-32-38-123-42-46-126-45-41-122-37-30-80(110)96-33-39-124-43-47-125-44-40-121-36-29-79(109)94-31-14-16-35-105-88-81(87(93)97-57-98-88)82(101-105)72-53-65-52-67(107)25-27-70(65)99-72/h10-12,18-19,25,27,49,52-53,56-58,60-61,63-64,68-69,73-77,84-85,99,107,112-113,117H,13-17,20-24,26,28-48,50-51,54-55,92H2,1-9H3,(H,94,109)(H,95,108)(H,96,110)(H2,93,97,98)/b12-10+,18-11+,59-19+,62-49+,102-71-/t58-,60-,61-,63-,64+,68+,69-,73+,74+,75+,76+,77-,84-,85+,91-/m1/s1. The first-order valence-electron chi connectivity index (χ1n) is 45.1. The number of H-pyrrole nitrogens is 1. The van der Waals surface area contributed by atoms with Gasteiger partial charge in [0.15, 0.2) is 11.4 Å². The number of fused-ring (bicyclic) bond motifs is 5. The van der Waals surface area contributed by atoms with Gasteiger partial charge in [0.05, 0.1) is 126 Å². The van der Waals surface area contributed by atoms with Crippen molar-refractivity contribution in [2.24, 2.45) is 40.5 Å². The number of rotatable bonds is 41. The van der Waals surface area contributed by atoms with Gasteiger partial charge in [0.1, 0.15) is 55.1 Å². The van der Waals surface area contributed by atoms with E-state index in [2.05, 4.69) is 46.4 Å². The Labute approximate surface area is 748 Å². The number of nitrogens with one attached hydrogen (secondary N) is 4. The first kappa shape index (κ1) is 102. The number of nitrogen functional groups attached to an aromatic ring is 1. The second kappa shape index (κ2) is 53.1. The molecule has 0 spiro atoms. The molecule has 3 fully saturated rings. The summed E-state index contributed by atoms with van der Waals surface area (Å²) in [7, 11) is 4.56. The third kappa shape index (κ3) is 31.2. The van der Waals surface area contributed by atoms with Gasteiger partial charge in [0.25, 0.3) is 11.7 Å². The van der Waals surface area contributed by atoms with Crippen molar-refractivity contribution in [1.29, 1.82) is 0 Å². The zero-order valence-corrected chi connectivity index (χ0v) is 75.8. The summed E-state index contributed by atoms with van der Waals surface area (Å²) in [5, 5.41) is 73.2. The number of benzene rings is 1. The summed E-state index contributed by atoms with van der Waals surface area (Å²) in [6, 6.07) is 4.73. The molecule has 128 heavy (non-hydrogen) atoms. The van der Waals surface area contributed by atoms with Crippen molar-refractivity contribution in [1.82, 2.24) is 60.6 Å². The molecule has 37 heteroatoms. The van der Waals surface area contributed by atoms with Crippen LogP contribution in [-0.2, 0) is 98.7 Å². The van der Waals surface area contributed by atoms with E-state index in [-0.39, 0.29) is 111 Å². The van der Waals surface area contributed by atoms with Gasteiger partial charge < -0.3 is 110 Å². The number of esters is 1. The van der Waals surface area contributed by atoms with E-state index in [4.69, 9.17) is 68.8 Å². The van der Waals surface area contributed by atoms with Crippen molar-refractivity contribution in [3.05, 3.63) is 90.1 Å². The van der Waals surface area contributed by atoms with E-state index < -0.39 is 89.6 Å². The van der Waals surface area contributed by atoms with Crippen molar-refractivity contribution < 1.29 is 106 Å². The normalized spacial score (nSPS) is 26.6. The Balaban J connectivity index is 0.616. The molecule has 2 saturated heterocycles. The fraction of sp³-hybridized carbons (Fsp3) is 0.659. The number of carbonyl (C=O) groups excluding carboxylic acids is 7. The van der Waals surface area contributed by atoms with Gasteiger partial charge in [0, 0.05) is 120 Å². The van der Waals surface area contributed by atoms with Crippen molar-refractivity contribution >= 4 is 74.6 Å². The quantitative estimate of drug-likeness (QED) is 0.00637.